The van der Waals surface area contributed by atoms with Gasteiger partial charge < -0.3 is 5.73 Å². The lowest BCUT2D eigenvalue weighted by Crippen LogP contribution is -2.09. The van der Waals surface area contributed by atoms with Gasteiger partial charge in [-0.15, -0.1) is 0 Å². The highest BCUT2D eigenvalue weighted by Gasteiger charge is 2.04. The van der Waals surface area contributed by atoms with Crippen LogP contribution >= 0.6 is 0 Å². The lowest BCUT2D eigenvalue weighted by atomic mass is 10.0. The van der Waals surface area contributed by atoms with E-state index < -0.39 is 0 Å². The summed E-state index contributed by atoms with van der Waals surface area (Å²) < 4.78 is 0. The van der Waals surface area contributed by atoms with Gasteiger partial charge in [0.25, 0.3) is 0 Å². The fourth-order valence-corrected chi connectivity index (χ4v) is 2.47. The first-order valence-electron chi connectivity index (χ1n) is 8.06. The van der Waals surface area contributed by atoms with Crippen LogP contribution in [0.25, 0.3) is 0 Å². The number of unbranched alkanes of at least 4 members (excludes halogenated alkanes) is 8. The van der Waals surface area contributed by atoms with E-state index in [4.69, 9.17) is 5.73 Å². The Kier molecular flexibility index (Phi) is 9.44. The molecule has 0 aromatic heterocycles. The maximum absolute atomic E-state index is 6.16. The Morgan fingerprint density at radius 2 is 1.58 bits per heavy atom. The van der Waals surface area contributed by atoms with Gasteiger partial charge in [-0.25, -0.2) is 0 Å². The second-order valence-electron chi connectivity index (χ2n) is 5.54. The van der Waals surface area contributed by atoms with Gasteiger partial charge in [0.05, 0.1) is 0 Å². The Morgan fingerprint density at radius 1 is 0.947 bits per heavy atom. The molecule has 0 saturated carbocycles. The molecular weight excluding hydrogens is 230 g/mol. The van der Waals surface area contributed by atoms with Crippen LogP contribution in [0.2, 0.25) is 0 Å². The van der Waals surface area contributed by atoms with Crippen molar-refractivity contribution >= 4 is 0 Å². The molecule has 1 radical (unpaired) electrons. The molecule has 1 unspecified atom stereocenters. The predicted octanol–water partition coefficient (Wildman–Crippen LogP) is 5.41. The average molecular weight is 260 g/mol. The van der Waals surface area contributed by atoms with E-state index in [-0.39, 0.29) is 6.04 Å². The van der Waals surface area contributed by atoms with E-state index in [0.717, 1.165) is 12.0 Å². The van der Waals surface area contributed by atoms with E-state index in [1.807, 2.05) is 18.2 Å². The molecule has 1 nitrogen and oxygen atoms in total. The Hall–Kier alpha value is -0.820. The van der Waals surface area contributed by atoms with Crippen LogP contribution in [0, 0.1) is 6.07 Å². The maximum atomic E-state index is 6.16. The number of benzene rings is 1. The average Bonchev–Trinajstić information content (AvgIpc) is 2.46. The summed E-state index contributed by atoms with van der Waals surface area (Å²) in [5.74, 6) is 0. The van der Waals surface area contributed by atoms with Crippen molar-refractivity contribution in [3.8, 4) is 0 Å². The van der Waals surface area contributed by atoms with Gasteiger partial charge in [0.1, 0.15) is 0 Å². The minimum absolute atomic E-state index is 0.172. The lowest BCUT2D eigenvalue weighted by molar-refractivity contribution is 0.532. The van der Waals surface area contributed by atoms with Crippen molar-refractivity contribution in [1.29, 1.82) is 0 Å². The molecule has 0 spiro atoms. The van der Waals surface area contributed by atoms with Crippen LogP contribution in [0.1, 0.15) is 82.7 Å². The monoisotopic (exact) mass is 260 g/mol. The van der Waals surface area contributed by atoms with Gasteiger partial charge in [-0.05, 0) is 18.1 Å². The largest absolute Gasteiger partial charge is 0.324 e. The van der Waals surface area contributed by atoms with E-state index in [2.05, 4.69) is 19.1 Å². The van der Waals surface area contributed by atoms with E-state index >= 15 is 0 Å². The quantitative estimate of drug-likeness (QED) is 0.529. The van der Waals surface area contributed by atoms with Crippen LogP contribution < -0.4 is 5.73 Å². The fraction of sp³-hybridized carbons (Fsp3) is 0.667. The summed E-state index contributed by atoms with van der Waals surface area (Å²) in [4.78, 5) is 0. The highest BCUT2D eigenvalue weighted by atomic mass is 14.6. The molecule has 1 atom stereocenters. The molecule has 0 aliphatic heterocycles. The standard InChI is InChI=1S/C18H30N/c1-2-3-4-5-6-7-8-9-13-16-18(19)17-14-11-10-12-15-17/h10-12,14,18H,2-9,13,16,19H2,1H3. The van der Waals surface area contributed by atoms with Crippen LogP contribution in [0.5, 0.6) is 0 Å². The molecule has 1 aromatic carbocycles. The third-order valence-electron chi connectivity index (χ3n) is 3.75. The zero-order chi connectivity index (χ0) is 13.8. The van der Waals surface area contributed by atoms with Gasteiger partial charge in [0.15, 0.2) is 0 Å². The first kappa shape index (κ1) is 16.2. The van der Waals surface area contributed by atoms with Gasteiger partial charge in [-0.3, -0.25) is 0 Å². The molecule has 0 fully saturated rings. The Balaban J connectivity index is 1.93. The lowest BCUT2D eigenvalue weighted by Gasteiger charge is -2.11. The predicted molar refractivity (Wildman–Crippen MR) is 84.1 cm³/mol. The second kappa shape index (κ2) is 11.0. The molecule has 1 rings (SSSR count). The number of nitrogens with two attached hydrogens (primary N) is 1. The number of hydrogen-bond donors (Lipinski definition) is 1. The maximum Gasteiger partial charge on any atom is 0.0301 e. The summed E-state index contributed by atoms with van der Waals surface area (Å²) in [5, 5.41) is 0. The van der Waals surface area contributed by atoms with Crippen LogP contribution in [-0.4, -0.2) is 0 Å². The molecule has 2 N–H and O–H groups in total. The second-order valence-corrected chi connectivity index (χ2v) is 5.54. The molecule has 0 saturated heterocycles. The van der Waals surface area contributed by atoms with Gasteiger partial charge >= 0.3 is 0 Å². The SMILES string of the molecule is CCCCCCCCCCCC(N)c1[c]cccc1. The molecule has 19 heavy (non-hydrogen) atoms. The zero-order valence-corrected chi connectivity index (χ0v) is 12.5. The Morgan fingerprint density at radius 3 is 2.16 bits per heavy atom. The summed E-state index contributed by atoms with van der Waals surface area (Å²) in [7, 11) is 0. The molecular formula is C18H30N. The Labute approximate surface area is 119 Å². The first-order valence-corrected chi connectivity index (χ1v) is 8.06. The van der Waals surface area contributed by atoms with E-state index in [9.17, 15) is 0 Å². The molecule has 0 amide bonds. The minimum Gasteiger partial charge on any atom is -0.324 e. The first-order chi connectivity index (χ1) is 9.34. The van der Waals surface area contributed by atoms with Gasteiger partial charge in [-0.2, -0.15) is 0 Å². The topological polar surface area (TPSA) is 26.0 Å². The summed E-state index contributed by atoms with van der Waals surface area (Å²) in [6.45, 7) is 2.27. The van der Waals surface area contributed by atoms with Gasteiger partial charge in [0, 0.05) is 6.04 Å². The van der Waals surface area contributed by atoms with Crippen molar-refractivity contribution in [2.75, 3.05) is 0 Å². The van der Waals surface area contributed by atoms with Crippen LogP contribution in [-0.2, 0) is 0 Å². The smallest absolute Gasteiger partial charge is 0.0301 e. The zero-order valence-electron chi connectivity index (χ0n) is 12.5. The molecule has 0 heterocycles. The van der Waals surface area contributed by atoms with Crippen molar-refractivity contribution in [1.82, 2.24) is 0 Å². The fourth-order valence-electron chi connectivity index (χ4n) is 2.47. The van der Waals surface area contributed by atoms with Crippen molar-refractivity contribution < 1.29 is 0 Å². The third kappa shape index (κ3) is 8.05. The summed E-state index contributed by atoms with van der Waals surface area (Å²) in [6, 6.07) is 11.5. The van der Waals surface area contributed by atoms with Crippen molar-refractivity contribution in [2.45, 2.75) is 77.2 Å². The molecule has 107 valence electrons. The minimum atomic E-state index is 0.172. The van der Waals surface area contributed by atoms with E-state index in [1.165, 1.54) is 57.8 Å². The number of hydrogen-bond acceptors (Lipinski definition) is 1. The summed E-state index contributed by atoms with van der Waals surface area (Å²) in [5.41, 5.74) is 7.31. The van der Waals surface area contributed by atoms with Crippen molar-refractivity contribution in [3.05, 3.63) is 35.9 Å². The van der Waals surface area contributed by atoms with Crippen molar-refractivity contribution in [3.63, 3.8) is 0 Å². The summed E-state index contributed by atoms with van der Waals surface area (Å²) in [6.07, 6.45) is 13.4. The Bertz CT molecular complexity index is 294. The molecule has 1 aromatic rings. The highest BCUT2D eigenvalue weighted by Crippen LogP contribution is 2.17. The van der Waals surface area contributed by atoms with E-state index in [1.54, 1.807) is 0 Å². The van der Waals surface area contributed by atoms with Gasteiger partial charge in [0.2, 0.25) is 0 Å². The van der Waals surface area contributed by atoms with Crippen LogP contribution in [0.3, 0.4) is 0 Å². The summed E-state index contributed by atoms with van der Waals surface area (Å²) >= 11 is 0. The van der Waals surface area contributed by atoms with Gasteiger partial charge in [-0.1, -0.05) is 89.0 Å². The van der Waals surface area contributed by atoms with Crippen LogP contribution in [0.15, 0.2) is 24.3 Å². The van der Waals surface area contributed by atoms with Crippen LogP contribution in [0.4, 0.5) is 0 Å². The number of rotatable bonds is 11. The molecule has 0 bridgehead atoms. The molecule has 0 aliphatic rings. The molecule has 0 aliphatic carbocycles. The molecule has 1 heteroatoms. The van der Waals surface area contributed by atoms with Crippen molar-refractivity contribution in [2.24, 2.45) is 5.73 Å². The van der Waals surface area contributed by atoms with E-state index in [0.29, 0.717) is 0 Å². The highest BCUT2D eigenvalue weighted by molar-refractivity contribution is 5.16. The third-order valence-corrected chi connectivity index (χ3v) is 3.75. The normalized spacial score (nSPS) is 12.5.